The molecule has 0 aliphatic heterocycles. The molecule has 3 nitrogen and oxygen atoms in total. The molecule has 0 aromatic heterocycles. The minimum Gasteiger partial charge on any atom is -0.479 e. The van der Waals surface area contributed by atoms with E-state index in [-0.39, 0.29) is 6.61 Å². The quantitative estimate of drug-likeness (QED) is 0.913. The zero-order valence-corrected chi connectivity index (χ0v) is 11.8. The summed E-state index contributed by atoms with van der Waals surface area (Å²) in [5.41, 5.74) is -0.389. The number of aliphatic carboxylic acids is 1. The maximum absolute atomic E-state index is 11.9. The molecule has 0 saturated heterocycles. The Hall–Kier alpha value is -1.84. The van der Waals surface area contributed by atoms with E-state index >= 15 is 0 Å². The van der Waals surface area contributed by atoms with E-state index in [9.17, 15) is 9.90 Å². The van der Waals surface area contributed by atoms with Gasteiger partial charge in [0.15, 0.2) is 0 Å². The molecule has 1 atom stereocenters. The van der Waals surface area contributed by atoms with Crippen molar-refractivity contribution in [2.45, 2.75) is 12.5 Å². The van der Waals surface area contributed by atoms with Crippen molar-refractivity contribution in [2.24, 2.45) is 0 Å². The lowest BCUT2D eigenvalue weighted by Gasteiger charge is -2.30. The van der Waals surface area contributed by atoms with Crippen LogP contribution < -0.4 is 0 Å². The Morgan fingerprint density at radius 1 is 1.10 bits per heavy atom. The van der Waals surface area contributed by atoms with Crippen LogP contribution in [-0.2, 0) is 15.1 Å². The predicted molar refractivity (Wildman–Crippen MR) is 77.9 cm³/mol. The van der Waals surface area contributed by atoms with E-state index in [1.807, 2.05) is 6.07 Å². The van der Waals surface area contributed by atoms with Crippen LogP contribution in [0.5, 0.6) is 0 Å². The highest BCUT2D eigenvalue weighted by Crippen LogP contribution is 2.34. The molecule has 0 saturated carbocycles. The number of ether oxygens (including phenoxy) is 1. The minimum atomic E-state index is -1.51. The smallest absolute Gasteiger partial charge is 0.345 e. The first-order valence-corrected chi connectivity index (χ1v) is 6.68. The normalized spacial score (nSPS) is 13.7. The molecule has 0 aliphatic carbocycles. The first-order chi connectivity index (χ1) is 9.61. The van der Waals surface area contributed by atoms with E-state index < -0.39 is 11.6 Å². The first-order valence-electron chi connectivity index (χ1n) is 6.30. The Balaban J connectivity index is 2.65. The lowest BCUT2D eigenvalue weighted by molar-refractivity contribution is -0.161. The van der Waals surface area contributed by atoms with E-state index in [1.165, 1.54) is 0 Å². The number of halogens is 1. The number of hydrogen-bond acceptors (Lipinski definition) is 2. The van der Waals surface area contributed by atoms with Crippen LogP contribution >= 0.6 is 11.6 Å². The van der Waals surface area contributed by atoms with Gasteiger partial charge in [0.25, 0.3) is 0 Å². The summed E-state index contributed by atoms with van der Waals surface area (Å²) in [5, 5.41) is 10.3. The second kappa shape index (κ2) is 6.07. The molecule has 2 aromatic carbocycles. The summed E-state index contributed by atoms with van der Waals surface area (Å²) in [6.45, 7) is 2.06. The molecule has 2 aromatic rings. The van der Waals surface area contributed by atoms with Crippen molar-refractivity contribution in [2.75, 3.05) is 6.61 Å². The maximum Gasteiger partial charge on any atom is 0.345 e. The number of carboxylic acid groups (broad SMARTS) is 1. The average molecular weight is 291 g/mol. The van der Waals surface area contributed by atoms with Crippen molar-refractivity contribution in [1.82, 2.24) is 0 Å². The highest BCUT2D eigenvalue weighted by Gasteiger charge is 2.43. The molecule has 0 heterocycles. The lowest BCUT2D eigenvalue weighted by atomic mass is 9.86. The first kappa shape index (κ1) is 14.6. The van der Waals surface area contributed by atoms with Gasteiger partial charge in [0, 0.05) is 11.6 Å². The molecule has 0 bridgehead atoms. The Morgan fingerprint density at radius 3 is 2.15 bits per heavy atom. The highest BCUT2D eigenvalue weighted by molar-refractivity contribution is 6.30. The molecule has 104 valence electrons. The van der Waals surface area contributed by atoms with Gasteiger partial charge in [0.1, 0.15) is 0 Å². The number of carboxylic acids is 1. The van der Waals surface area contributed by atoms with Crippen molar-refractivity contribution in [3.63, 3.8) is 0 Å². The van der Waals surface area contributed by atoms with Crippen LogP contribution in [0.4, 0.5) is 0 Å². The minimum absolute atomic E-state index is 0.282. The van der Waals surface area contributed by atoms with Gasteiger partial charge < -0.3 is 9.84 Å². The summed E-state index contributed by atoms with van der Waals surface area (Å²) in [6.07, 6.45) is 0. The zero-order chi connectivity index (χ0) is 14.6. The van der Waals surface area contributed by atoms with Crippen LogP contribution in [0.3, 0.4) is 0 Å². The van der Waals surface area contributed by atoms with E-state index in [0.29, 0.717) is 16.1 Å². The summed E-state index contributed by atoms with van der Waals surface area (Å²) < 4.78 is 5.66. The standard InChI is InChI=1S/C16H15ClO3/c1-2-20-16(15(18)19,12-6-4-3-5-7-12)13-8-10-14(17)11-9-13/h3-11H,2H2,1H3,(H,18,19). The van der Waals surface area contributed by atoms with Crippen LogP contribution in [0, 0.1) is 0 Å². The highest BCUT2D eigenvalue weighted by atomic mass is 35.5. The van der Waals surface area contributed by atoms with Gasteiger partial charge in [0.05, 0.1) is 0 Å². The number of rotatable bonds is 5. The fourth-order valence-electron chi connectivity index (χ4n) is 2.22. The molecule has 4 heteroatoms. The molecule has 0 spiro atoms. The molecule has 0 amide bonds. The van der Waals surface area contributed by atoms with Gasteiger partial charge in [-0.25, -0.2) is 4.79 Å². The molecule has 1 N–H and O–H groups in total. The third-order valence-corrected chi connectivity index (χ3v) is 3.35. The van der Waals surface area contributed by atoms with Gasteiger partial charge in [0.2, 0.25) is 5.60 Å². The maximum atomic E-state index is 11.9. The van der Waals surface area contributed by atoms with Crippen LogP contribution in [0.25, 0.3) is 0 Å². The molecule has 20 heavy (non-hydrogen) atoms. The molecule has 0 radical (unpaired) electrons. The van der Waals surface area contributed by atoms with E-state index in [2.05, 4.69) is 0 Å². The van der Waals surface area contributed by atoms with Crippen molar-refractivity contribution in [3.8, 4) is 0 Å². The molecule has 0 fully saturated rings. The van der Waals surface area contributed by atoms with Gasteiger partial charge in [-0.05, 0) is 30.2 Å². The Kier molecular flexibility index (Phi) is 4.42. The van der Waals surface area contributed by atoms with Crippen molar-refractivity contribution in [1.29, 1.82) is 0 Å². The van der Waals surface area contributed by atoms with E-state index in [4.69, 9.17) is 16.3 Å². The second-order valence-corrected chi connectivity index (χ2v) is 4.73. The van der Waals surface area contributed by atoms with Gasteiger partial charge in [-0.1, -0.05) is 54.1 Å². The Labute approximate surface area is 122 Å². The number of carbonyl (C=O) groups is 1. The van der Waals surface area contributed by atoms with Crippen LogP contribution in [0.1, 0.15) is 18.1 Å². The van der Waals surface area contributed by atoms with Gasteiger partial charge in [-0.15, -0.1) is 0 Å². The third-order valence-electron chi connectivity index (χ3n) is 3.09. The molecule has 1 unspecified atom stereocenters. The zero-order valence-electron chi connectivity index (χ0n) is 11.0. The summed E-state index contributed by atoms with van der Waals surface area (Å²) in [6, 6.07) is 15.6. The van der Waals surface area contributed by atoms with Crippen molar-refractivity contribution < 1.29 is 14.6 Å². The topological polar surface area (TPSA) is 46.5 Å². The fourth-order valence-corrected chi connectivity index (χ4v) is 2.34. The largest absolute Gasteiger partial charge is 0.479 e. The SMILES string of the molecule is CCOC(C(=O)O)(c1ccccc1)c1ccc(Cl)cc1. The van der Waals surface area contributed by atoms with E-state index in [1.54, 1.807) is 55.5 Å². The Bertz CT molecular complexity index is 580. The molecule has 2 rings (SSSR count). The van der Waals surface area contributed by atoms with Crippen LogP contribution in [0.2, 0.25) is 5.02 Å². The molecule has 0 aliphatic rings. The molecular weight excluding hydrogens is 276 g/mol. The third kappa shape index (κ3) is 2.55. The van der Waals surface area contributed by atoms with Crippen LogP contribution in [-0.4, -0.2) is 17.7 Å². The number of hydrogen-bond donors (Lipinski definition) is 1. The molecular formula is C16H15ClO3. The van der Waals surface area contributed by atoms with Gasteiger partial charge >= 0.3 is 5.97 Å². The monoisotopic (exact) mass is 290 g/mol. The number of benzene rings is 2. The average Bonchev–Trinajstić information content (AvgIpc) is 2.46. The van der Waals surface area contributed by atoms with Crippen molar-refractivity contribution in [3.05, 3.63) is 70.7 Å². The van der Waals surface area contributed by atoms with Crippen molar-refractivity contribution >= 4 is 17.6 Å². The van der Waals surface area contributed by atoms with Gasteiger partial charge in [-0.2, -0.15) is 0 Å². The lowest BCUT2D eigenvalue weighted by Crippen LogP contribution is -2.40. The summed E-state index contributed by atoms with van der Waals surface area (Å²) in [4.78, 5) is 11.9. The Morgan fingerprint density at radius 2 is 1.65 bits per heavy atom. The second-order valence-electron chi connectivity index (χ2n) is 4.29. The summed E-state index contributed by atoms with van der Waals surface area (Å²) >= 11 is 5.88. The predicted octanol–water partition coefficient (Wildman–Crippen LogP) is 3.70. The van der Waals surface area contributed by atoms with E-state index in [0.717, 1.165) is 0 Å². The van der Waals surface area contributed by atoms with Crippen LogP contribution in [0.15, 0.2) is 54.6 Å². The summed E-state index contributed by atoms with van der Waals surface area (Å²) in [5.74, 6) is -1.05. The van der Waals surface area contributed by atoms with Gasteiger partial charge in [-0.3, -0.25) is 0 Å². The summed E-state index contributed by atoms with van der Waals surface area (Å²) in [7, 11) is 0. The fraction of sp³-hybridized carbons (Fsp3) is 0.188.